The van der Waals surface area contributed by atoms with Crippen LogP contribution in [0, 0.1) is 0 Å². The van der Waals surface area contributed by atoms with Crippen LogP contribution in [0.15, 0.2) is 21.7 Å². The fourth-order valence-corrected chi connectivity index (χ4v) is 3.64. The molecule has 0 atom stereocenters. The maximum absolute atomic E-state index is 12.0. The molecule has 1 aromatic rings. The molecule has 102 valence electrons. The second kappa shape index (κ2) is 6.86. The van der Waals surface area contributed by atoms with Crippen molar-refractivity contribution >= 4 is 27.3 Å². The van der Waals surface area contributed by atoms with Gasteiger partial charge in [-0.15, -0.1) is 11.3 Å². The van der Waals surface area contributed by atoms with Crippen molar-refractivity contribution in [3.05, 3.63) is 17.5 Å². The lowest BCUT2D eigenvalue weighted by atomic mass is 10.3. The molecular formula is C11H18N2O3S2. The highest BCUT2D eigenvalue weighted by atomic mass is 32.2. The van der Waals surface area contributed by atoms with Crippen LogP contribution in [-0.4, -0.2) is 38.8 Å². The quantitative estimate of drug-likeness (QED) is 0.769. The molecule has 0 aliphatic heterocycles. The second-order valence-corrected chi connectivity index (χ2v) is 7.12. The van der Waals surface area contributed by atoms with Gasteiger partial charge in [-0.2, -0.15) is 4.31 Å². The molecule has 1 heterocycles. The minimum absolute atomic E-state index is 0.149. The molecule has 0 saturated heterocycles. The summed E-state index contributed by atoms with van der Waals surface area (Å²) in [6.45, 7) is 2.46. The number of hydrogen-bond acceptors (Lipinski definition) is 4. The zero-order valence-electron chi connectivity index (χ0n) is 10.5. The normalized spacial score (nSPS) is 11.7. The predicted octanol–water partition coefficient (Wildman–Crippen LogP) is 1.28. The van der Waals surface area contributed by atoms with E-state index >= 15 is 0 Å². The van der Waals surface area contributed by atoms with Crippen molar-refractivity contribution in [3.8, 4) is 0 Å². The first kappa shape index (κ1) is 15.1. The van der Waals surface area contributed by atoms with E-state index in [0.29, 0.717) is 6.54 Å². The molecule has 1 rings (SSSR count). The highest BCUT2D eigenvalue weighted by Crippen LogP contribution is 2.19. The number of carbonyl (C=O) groups excluding carboxylic acids is 1. The number of unbranched alkanes of at least 4 members (excludes halogenated alkanes) is 1. The Morgan fingerprint density at radius 2 is 2.22 bits per heavy atom. The van der Waals surface area contributed by atoms with E-state index in [2.05, 4.69) is 5.32 Å². The van der Waals surface area contributed by atoms with Gasteiger partial charge in [-0.25, -0.2) is 8.42 Å². The molecule has 0 unspecified atom stereocenters. The van der Waals surface area contributed by atoms with Crippen LogP contribution >= 0.6 is 11.3 Å². The number of hydrogen-bond donors (Lipinski definition) is 1. The molecule has 0 saturated carbocycles. The first-order valence-corrected chi connectivity index (χ1v) is 8.07. The van der Waals surface area contributed by atoms with Crippen molar-refractivity contribution in [1.29, 1.82) is 0 Å². The number of nitrogens with zero attached hydrogens (tertiary/aromatic N) is 1. The van der Waals surface area contributed by atoms with Gasteiger partial charge in [0.15, 0.2) is 0 Å². The largest absolute Gasteiger partial charge is 0.355 e. The van der Waals surface area contributed by atoms with Crippen LogP contribution < -0.4 is 5.32 Å². The number of likely N-dealkylation sites (N-methyl/N-ethyl adjacent to an activating group) is 1. The fourth-order valence-electron chi connectivity index (χ4n) is 1.31. The lowest BCUT2D eigenvalue weighted by molar-refractivity contribution is -0.121. The average molecular weight is 290 g/mol. The number of sulfonamides is 1. The van der Waals surface area contributed by atoms with Crippen LogP contribution in [0.5, 0.6) is 0 Å². The van der Waals surface area contributed by atoms with E-state index in [-0.39, 0.29) is 16.7 Å². The second-order valence-electron chi connectivity index (χ2n) is 3.90. The van der Waals surface area contributed by atoms with E-state index < -0.39 is 10.0 Å². The lowest BCUT2D eigenvalue weighted by Gasteiger charge is -2.15. The summed E-state index contributed by atoms with van der Waals surface area (Å²) in [4.78, 5) is 11.5. The Bertz CT molecular complexity index is 468. The molecule has 0 aliphatic rings. The van der Waals surface area contributed by atoms with Crippen LogP contribution in [0.4, 0.5) is 0 Å². The highest BCUT2D eigenvalue weighted by Gasteiger charge is 2.23. The van der Waals surface area contributed by atoms with Crippen molar-refractivity contribution in [2.24, 2.45) is 0 Å². The van der Waals surface area contributed by atoms with Crippen LogP contribution in [-0.2, 0) is 14.8 Å². The summed E-state index contributed by atoms with van der Waals surface area (Å²) in [6.07, 6.45) is 1.89. The van der Waals surface area contributed by atoms with Crippen molar-refractivity contribution in [2.75, 3.05) is 20.1 Å². The minimum atomic E-state index is -3.53. The molecule has 1 amide bonds. The molecule has 0 aliphatic carbocycles. The molecule has 18 heavy (non-hydrogen) atoms. The zero-order chi connectivity index (χ0) is 13.6. The monoisotopic (exact) mass is 290 g/mol. The SMILES string of the molecule is CCCCNC(=O)CN(C)S(=O)(=O)c1cccs1. The van der Waals surface area contributed by atoms with Crippen LogP contribution in [0.2, 0.25) is 0 Å². The van der Waals surface area contributed by atoms with E-state index in [1.54, 1.807) is 11.4 Å². The standard InChI is InChI=1S/C11H18N2O3S2/c1-3-4-7-12-10(14)9-13(2)18(15,16)11-6-5-8-17-11/h5-6,8H,3-4,7,9H2,1-2H3,(H,12,14). The maximum atomic E-state index is 12.0. The van der Waals surface area contributed by atoms with Gasteiger partial charge in [0, 0.05) is 13.6 Å². The number of amides is 1. The summed E-state index contributed by atoms with van der Waals surface area (Å²) in [6, 6.07) is 3.21. The zero-order valence-corrected chi connectivity index (χ0v) is 12.2. The number of nitrogens with one attached hydrogen (secondary N) is 1. The number of rotatable bonds is 7. The Hall–Kier alpha value is -0.920. The van der Waals surface area contributed by atoms with Gasteiger partial charge in [-0.05, 0) is 17.9 Å². The Kier molecular flexibility index (Phi) is 5.77. The third-order valence-electron chi connectivity index (χ3n) is 2.38. The molecule has 1 N–H and O–H groups in total. The topological polar surface area (TPSA) is 66.5 Å². The molecule has 0 spiro atoms. The maximum Gasteiger partial charge on any atom is 0.252 e. The van der Waals surface area contributed by atoms with E-state index in [9.17, 15) is 13.2 Å². The van der Waals surface area contributed by atoms with Gasteiger partial charge >= 0.3 is 0 Å². The lowest BCUT2D eigenvalue weighted by Crippen LogP contribution is -2.38. The Morgan fingerprint density at radius 1 is 1.50 bits per heavy atom. The number of carbonyl (C=O) groups is 1. The van der Waals surface area contributed by atoms with Gasteiger partial charge in [-0.3, -0.25) is 4.79 Å². The summed E-state index contributed by atoms with van der Waals surface area (Å²) in [5, 5.41) is 4.39. The molecule has 0 aromatic carbocycles. The smallest absolute Gasteiger partial charge is 0.252 e. The van der Waals surface area contributed by atoms with Gasteiger partial charge < -0.3 is 5.32 Å². The third-order valence-corrected chi connectivity index (χ3v) is 5.55. The van der Waals surface area contributed by atoms with E-state index in [1.807, 2.05) is 6.92 Å². The molecule has 0 radical (unpaired) electrons. The van der Waals surface area contributed by atoms with E-state index in [1.165, 1.54) is 13.1 Å². The summed E-state index contributed by atoms with van der Waals surface area (Å²) in [5.41, 5.74) is 0. The Morgan fingerprint density at radius 3 is 2.78 bits per heavy atom. The molecular weight excluding hydrogens is 272 g/mol. The summed E-state index contributed by atoms with van der Waals surface area (Å²) in [5.74, 6) is -0.272. The Balaban J connectivity index is 2.55. The summed E-state index contributed by atoms with van der Waals surface area (Å²) >= 11 is 1.15. The summed E-state index contributed by atoms with van der Waals surface area (Å²) < 4.78 is 25.4. The van der Waals surface area contributed by atoms with Gasteiger partial charge in [0.25, 0.3) is 10.0 Å². The number of thiophene rings is 1. The minimum Gasteiger partial charge on any atom is -0.355 e. The van der Waals surface area contributed by atoms with Crippen LogP contribution in [0.25, 0.3) is 0 Å². The fraction of sp³-hybridized carbons (Fsp3) is 0.545. The average Bonchev–Trinajstić information content (AvgIpc) is 2.83. The van der Waals surface area contributed by atoms with Gasteiger partial charge in [0.2, 0.25) is 5.91 Å². The van der Waals surface area contributed by atoms with Crippen LogP contribution in [0.3, 0.4) is 0 Å². The van der Waals surface area contributed by atoms with Crippen molar-refractivity contribution in [3.63, 3.8) is 0 Å². The first-order valence-electron chi connectivity index (χ1n) is 5.75. The molecule has 0 fully saturated rings. The summed E-state index contributed by atoms with van der Waals surface area (Å²) in [7, 11) is -2.12. The highest BCUT2D eigenvalue weighted by molar-refractivity contribution is 7.91. The predicted molar refractivity (Wildman–Crippen MR) is 72.1 cm³/mol. The van der Waals surface area contributed by atoms with Gasteiger partial charge in [-0.1, -0.05) is 19.4 Å². The van der Waals surface area contributed by atoms with Crippen molar-refractivity contribution < 1.29 is 13.2 Å². The van der Waals surface area contributed by atoms with E-state index in [4.69, 9.17) is 0 Å². The van der Waals surface area contributed by atoms with Crippen molar-refractivity contribution in [1.82, 2.24) is 9.62 Å². The molecule has 7 heteroatoms. The third kappa shape index (κ3) is 4.08. The Labute approximate surface area is 112 Å². The molecule has 0 bridgehead atoms. The van der Waals surface area contributed by atoms with Crippen molar-refractivity contribution in [2.45, 2.75) is 24.0 Å². The first-order chi connectivity index (χ1) is 8.48. The van der Waals surface area contributed by atoms with E-state index in [0.717, 1.165) is 28.5 Å². The molecule has 5 nitrogen and oxygen atoms in total. The molecule has 1 aromatic heterocycles. The van der Waals surface area contributed by atoms with Crippen LogP contribution in [0.1, 0.15) is 19.8 Å². The van der Waals surface area contributed by atoms with Gasteiger partial charge in [0.05, 0.1) is 6.54 Å². The van der Waals surface area contributed by atoms with Gasteiger partial charge in [0.1, 0.15) is 4.21 Å².